The summed E-state index contributed by atoms with van der Waals surface area (Å²) in [4.78, 5) is 27.8. The first kappa shape index (κ1) is 26.9. The molecule has 33 heavy (non-hydrogen) atoms. The number of hydrogen-bond acceptors (Lipinski definition) is 4. The molecule has 1 aromatic carbocycles. The van der Waals surface area contributed by atoms with Gasteiger partial charge in [0.15, 0.2) is 8.32 Å². The van der Waals surface area contributed by atoms with Crippen LogP contribution in [0.4, 0.5) is 4.79 Å². The molecule has 0 aromatic heterocycles. The molecule has 1 aliphatic rings. The van der Waals surface area contributed by atoms with E-state index in [9.17, 15) is 9.59 Å². The molecule has 1 aliphatic heterocycles. The number of carbonyl (C=O) groups excluding carboxylic acids is 2. The number of terminal acetylenes is 1. The Bertz CT molecular complexity index is 891. The highest BCUT2D eigenvalue weighted by Crippen LogP contribution is 2.39. The Kier molecular flexibility index (Phi) is 8.09. The van der Waals surface area contributed by atoms with Gasteiger partial charge in [0.05, 0.1) is 12.1 Å². The van der Waals surface area contributed by atoms with Gasteiger partial charge in [-0.25, -0.2) is 4.79 Å². The van der Waals surface area contributed by atoms with Gasteiger partial charge < -0.3 is 14.5 Å². The molecule has 0 bridgehead atoms. The Morgan fingerprint density at radius 3 is 2.21 bits per heavy atom. The lowest BCUT2D eigenvalue weighted by Gasteiger charge is -2.38. The summed E-state index contributed by atoms with van der Waals surface area (Å²) in [6, 6.07) is 6.63. The van der Waals surface area contributed by atoms with Crippen molar-refractivity contribution < 1.29 is 18.8 Å². The smallest absolute Gasteiger partial charge is 0.411 e. The van der Waals surface area contributed by atoms with Gasteiger partial charge in [-0.2, -0.15) is 0 Å². The maximum atomic E-state index is 13.3. The fourth-order valence-corrected chi connectivity index (χ4v) is 4.87. The van der Waals surface area contributed by atoms with Crippen molar-refractivity contribution >= 4 is 20.3 Å². The first-order valence-electron chi connectivity index (χ1n) is 11.6. The molecule has 1 unspecified atom stereocenters. The van der Waals surface area contributed by atoms with E-state index in [0.717, 1.165) is 11.1 Å². The number of nitrogens with one attached hydrogen (secondary N) is 1. The van der Waals surface area contributed by atoms with Crippen molar-refractivity contribution in [2.24, 2.45) is 0 Å². The minimum Gasteiger partial charge on any atom is -0.444 e. The number of amides is 2. The van der Waals surface area contributed by atoms with E-state index < -0.39 is 26.1 Å². The van der Waals surface area contributed by atoms with Gasteiger partial charge in [0.25, 0.3) is 0 Å². The van der Waals surface area contributed by atoms with Gasteiger partial charge >= 0.3 is 6.09 Å². The summed E-state index contributed by atoms with van der Waals surface area (Å²) < 4.78 is 12.2. The fraction of sp³-hybridized carbons (Fsp3) is 0.615. The number of ether oxygens (including phenoxy) is 1. The number of carbonyl (C=O) groups is 2. The molecule has 182 valence electrons. The lowest BCUT2D eigenvalue weighted by molar-refractivity contribution is -0.126. The summed E-state index contributed by atoms with van der Waals surface area (Å²) in [6.07, 6.45) is 5.18. The summed E-state index contributed by atoms with van der Waals surface area (Å²) in [5, 5.41) is 3.08. The van der Waals surface area contributed by atoms with Crippen LogP contribution in [-0.4, -0.2) is 49.5 Å². The molecule has 2 amide bonds. The van der Waals surface area contributed by atoms with Gasteiger partial charge in [-0.05, 0) is 63.5 Å². The van der Waals surface area contributed by atoms with Gasteiger partial charge in [0.2, 0.25) is 5.91 Å². The molecule has 1 saturated heterocycles. The minimum absolute atomic E-state index is 0.0309. The second kappa shape index (κ2) is 9.90. The molecule has 1 N–H and O–H groups in total. The van der Waals surface area contributed by atoms with E-state index in [4.69, 9.17) is 15.6 Å². The van der Waals surface area contributed by atoms with Gasteiger partial charge in [-0.3, -0.25) is 9.69 Å². The Hall–Kier alpha value is -2.30. The van der Waals surface area contributed by atoms with Gasteiger partial charge in [0, 0.05) is 18.5 Å². The van der Waals surface area contributed by atoms with Crippen LogP contribution in [0, 0.1) is 12.3 Å². The van der Waals surface area contributed by atoms with Crippen molar-refractivity contribution in [2.75, 3.05) is 6.54 Å². The van der Waals surface area contributed by atoms with E-state index in [2.05, 4.69) is 45.1 Å². The van der Waals surface area contributed by atoms with Crippen molar-refractivity contribution in [3.05, 3.63) is 35.4 Å². The van der Waals surface area contributed by atoms with Crippen molar-refractivity contribution in [1.29, 1.82) is 0 Å². The number of hydrogen-bond donors (Lipinski definition) is 1. The largest absolute Gasteiger partial charge is 0.444 e. The van der Waals surface area contributed by atoms with Crippen LogP contribution < -0.4 is 5.32 Å². The molecular weight excluding hydrogens is 432 g/mol. The third kappa shape index (κ3) is 7.09. The molecule has 0 saturated carbocycles. The third-order valence-corrected chi connectivity index (χ3v) is 10.9. The minimum atomic E-state index is -2.07. The summed E-state index contributed by atoms with van der Waals surface area (Å²) in [6.45, 7) is 18.6. The van der Waals surface area contributed by atoms with Crippen LogP contribution in [0.15, 0.2) is 24.3 Å². The topological polar surface area (TPSA) is 67.9 Å². The zero-order valence-corrected chi connectivity index (χ0v) is 22.6. The van der Waals surface area contributed by atoms with Crippen LogP contribution in [0.1, 0.15) is 72.1 Å². The molecule has 0 radical (unpaired) electrons. The van der Waals surface area contributed by atoms with Crippen LogP contribution in [0.2, 0.25) is 18.1 Å². The highest BCUT2D eigenvalue weighted by atomic mass is 28.4. The van der Waals surface area contributed by atoms with Crippen LogP contribution >= 0.6 is 0 Å². The fourth-order valence-electron chi connectivity index (χ4n) is 3.51. The zero-order valence-electron chi connectivity index (χ0n) is 21.6. The molecule has 1 fully saturated rings. The molecule has 1 heterocycles. The first-order valence-corrected chi connectivity index (χ1v) is 14.5. The maximum Gasteiger partial charge on any atom is 0.411 e. The number of benzene rings is 1. The van der Waals surface area contributed by atoms with E-state index in [1.54, 1.807) is 0 Å². The molecule has 0 spiro atoms. The summed E-state index contributed by atoms with van der Waals surface area (Å²) >= 11 is 0. The molecule has 2 rings (SSSR count). The summed E-state index contributed by atoms with van der Waals surface area (Å²) in [5.41, 5.74) is 1.08. The van der Waals surface area contributed by atoms with Crippen molar-refractivity contribution in [3.63, 3.8) is 0 Å². The van der Waals surface area contributed by atoms with E-state index in [-0.39, 0.29) is 23.1 Å². The molecular formula is C26H40N2O4Si. The number of likely N-dealkylation sites (tertiary alicyclic amines) is 1. The quantitative estimate of drug-likeness (QED) is 0.470. The third-order valence-electron chi connectivity index (χ3n) is 6.40. The molecule has 7 heteroatoms. The summed E-state index contributed by atoms with van der Waals surface area (Å²) in [7, 11) is -2.07. The monoisotopic (exact) mass is 472 g/mol. The second-order valence-corrected chi connectivity index (χ2v) is 16.1. The molecule has 6 nitrogen and oxygen atoms in total. The molecule has 0 aliphatic carbocycles. The van der Waals surface area contributed by atoms with Crippen molar-refractivity contribution in [3.8, 4) is 12.3 Å². The molecule has 1 aromatic rings. The SMILES string of the molecule is C#Cc1ccc([C@H](C)NC(=O)[C@@H]2CC(O[Si](C)(C)C(C)(C)C)CN2C(=O)OC(C)(C)C)cc1. The predicted octanol–water partition coefficient (Wildman–Crippen LogP) is 5.24. The first-order chi connectivity index (χ1) is 15.0. The van der Waals surface area contributed by atoms with Crippen LogP contribution in [0.5, 0.6) is 0 Å². The van der Waals surface area contributed by atoms with E-state index in [1.807, 2.05) is 52.0 Å². The van der Waals surface area contributed by atoms with Crippen molar-refractivity contribution in [1.82, 2.24) is 10.2 Å². The lowest BCUT2D eigenvalue weighted by Crippen LogP contribution is -2.48. The van der Waals surface area contributed by atoms with Gasteiger partial charge in [0.1, 0.15) is 11.6 Å². The number of nitrogens with zero attached hydrogens (tertiary/aromatic N) is 1. The van der Waals surface area contributed by atoms with E-state index in [0.29, 0.717) is 13.0 Å². The van der Waals surface area contributed by atoms with Crippen molar-refractivity contribution in [2.45, 2.75) is 96.8 Å². The van der Waals surface area contributed by atoms with Crippen LogP contribution in [-0.2, 0) is 14.0 Å². The Morgan fingerprint density at radius 1 is 1.15 bits per heavy atom. The Labute approximate surface area is 200 Å². The zero-order chi connectivity index (χ0) is 25.2. The second-order valence-electron chi connectivity index (χ2n) is 11.4. The predicted molar refractivity (Wildman–Crippen MR) is 134 cm³/mol. The van der Waals surface area contributed by atoms with E-state index in [1.165, 1.54) is 4.90 Å². The van der Waals surface area contributed by atoms with E-state index >= 15 is 0 Å². The lowest BCUT2D eigenvalue weighted by atomic mass is 10.1. The standard InChI is InChI=1S/C26H40N2O4Si/c1-11-19-12-14-20(15-13-19)18(2)27-23(29)22-16-21(32-33(9,10)26(6,7)8)17-28(22)24(30)31-25(3,4)5/h1,12-15,18,21-22H,16-17H2,2-10H3,(H,27,29)/t18-,21?,22-/m0/s1. The van der Waals surface area contributed by atoms with Gasteiger partial charge in [-0.1, -0.05) is 38.8 Å². The maximum absolute atomic E-state index is 13.3. The Morgan fingerprint density at radius 2 is 1.73 bits per heavy atom. The normalized spacial score (nSPS) is 20.2. The summed E-state index contributed by atoms with van der Waals surface area (Å²) in [5.74, 6) is 2.38. The van der Waals surface area contributed by atoms with Crippen LogP contribution in [0.25, 0.3) is 0 Å². The average Bonchev–Trinajstić information content (AvgIpc) is 3.09. The number of rotatable bonds is 5. The molecule has 3 atom stereocenters. The highest BCUT2D eigenvalue weighted by Gasteiger charge is 2.46. The van der Waals surface area contributed by atoms with Crippen LogP contribution in [0.3, 0.4) is 0 Å². The highest BCUT2D eigenvalue weighted by molar-refractivity contribution is 6.74. The average molecular weight is 473 g/mol. The Balaban J connectivity index is 2.20. The van der Waals surface area contributed by atoms with Gasteiger partial charge in [-0.15, -0.1) is 6.42 Å².